The Hall–Kier alpha value is -2.39. The highest BCUT2D eigenvalue weighted by Gasteiger charge is 2.53. The first-order valence-corrected chi connectivity index (χ1v) is 10.2. The standard InChI is InChI=1S/C25H27ClO3/c1-7-15-8-9-16(18-11-10-17(26)12-14(18)2)13-19(15)20-21(27)24(3,4)23(29)25(5,6)22(20)28/h8-13,27H,7H2,1-6H3. The third-order valence-electron chi connectivity index (χ3n) is 6.02. The van der Waals surface area contributed by atoms with Gasteiger partial charge in [0.1, 0.15) is 5.76 Å². The number of hydrogen-bond donors (Lipinski definition) is 1. The number of rotatable bonds is 3. The Morgan fingerprint density at radius 1 is 0.931 bits per heavy atom. The third kappa shape index (κ3) is 3.32. The molecule has 0 atom stereocenters. The fourth-order valence-electron chi connectivity index (χ4n) is 4.21. The molecule has 152 valence electrons. The summed E-state index contributed by atoms with van der Waals surface area (Å²) in [5.41, 5.74) is 2.56. The number of aliphatic hydroxyl groups is 1. The van der Waals surface area contributed by atoms with E-state index >= 15 is 0 Å². The zero-order valence-corrected chi connectivity index (χ0v) is 18.6. The van der Waals surface area contributed by atoms with Gasteiger partial charge in [0.2, 0.25) is 0 Å². The molecule has 2 aromatic rings. The van der Waals surface area contributed by atoms with E-state index in [4.69, 9.17) is 11.6 Å². The summed E-state index contributed by atoms with van der Waals surface area (Å²) in [5, 5.41) is 11.7. The molecule has 0 fully saturated rings. The van der Waals surface area contributed by atoms with Crippen LogP contribution in [0.25, 0.3) is 16.7 Å². The maximum atomic E-state index is 13.3. The Bertz CT molecular complexity index is 1060. The molecule has 29 heavy (non-hydrogen) atoms. The fourth-order valence-corrected chi connectivity index (χ4v) is 4.44. The highest BCUT2D eigenvalue weighted by atomic mass is 35.5. The zero-order valence-electron chi connectivity index (χ0n) is 17.8. The van der Waals surface area contributed by atoms with Gasteiger partial charge in [-0.1, -0.05) is 36.7 Å². The van der Waals surface area contributed by atoms with E-state index in [1.807, 2.05) is 50.2 Å². The van der Waals surface area contributed by atoms with Crippen LogP contribution < -0.4 is 0 Å². The number of carbonyl (C=O) groups is 2. The van der Waals surface area contributed by atoms with Crippen molar-refractivity contribution in [2.24, 2.45) is 10.8 Å². The van der Waals surface area contributed by atoms with Gasteiger partial charge in [-0.25, -0.2) is 0 Å². The Morgan fingerprint density at radius 3 is 2.17 bits per heavy atom. The van der Waals surface area contributed by atoms with Gasteiger partial charge in [-0.05, 0) is 87.1 Å². The second-order valence-electron chi connectivity index (χ2n) is 8.82. The van der Waals surface area contributed by atoms with Crippen LogP contribution in [0, 0.1) is 17.8 Å². The van der Waals surface area contributed by atoms with Crippen molar-refractivity contribution in [3.63, 3.8) is 0 Å². The van der Waals surface area contributed by atoms with Crippen LogP contribution in [-0.2, 0) is 16.0 Å². The Kier molecular flexibility index (Phi) is 5.25. The van der Waals surface area contributed by atoms with Gasteiger partial charge in [0.25, 0.3) is 0 Å². The summed E-state index contributed by atoms with van der Waals surface area (Å²) in [4.78, 5) is 26.2. The molecule has 0 radical (unpaired) electrons. The number of allylic oxidation sites excluding steroid dienone is 2. The van der Waals surface area contributed by atoms with Gasteiger partial charge in [0.05, 0.1) is 16.4 Å². The summed E-state index contributed by atoms with van der Waals surface area (Å²) in [5.74, 6) is -0.746. The van der Waals surface area contributed by atoms with Crippen LogP contribution in [-0.4, -0.2) is 16.7 Å². The molecular formula is C25H27ClO3. The van der Waals surface area contributed by atoms with Crippen molar-refractivity contribution in [3.8, 4) is 11.1 Å². The van der Waals surface area contributed by atoms with E-state index in [1.54, 1.807) is 27.7 Å². The lowest BCUT2D eigenvalue weighted by Crippen LogP contribution is -2.48. The van der Waals surface area contributed by atoms with Crippen molar-refractivity contribution in [2.75, 3.05) is 0 Å². The van der Waals surface area contributed by atoms with E-state index in [1.165, 1.54) is 0 Å². The summed E-state index contributed by atoms with van der Waals surface area (Å²) >= 11 is 6.10. The number of halogens is 1. The molecule has 3 nitrogen and oxygen atoms in total. The van der Waals surface area contributed by atoms with Crippen LogP contribution >= 0.6 is 11.6 Å². The number of hydrogen-bond acceptors (Lipinski definition) is 3. The number of carbonyl (C=O) groups excluding carboxylic acids is 2. The van der Waals surface area contributed by atoms with Crippen LogP contribution in [0.5, 0.6) is 0 Å². The van der Waals surface area contributed by atoms with Crippen LogP contribution in [0.2, 0.25) is 5.02 Å². The van der Waals surface area contributed by atoms with Crippen molar-refractivity contribution in [1.29, 1.82) is 0 Å². The SMILES string of the molecule is CCc1ccc(-c2ccc(Cl)cc2C)cc1C1=C(O)C(C)(C)C(=O)C(C)(C)C1=O. The van der Waals surface area contributed by atoms with Gasteiger partial charge in [0, 0.05) is 5.02 Å². The average molecular weight is 411 g/mol. The molecule has 0 bridgehead atoms. The van der Waals surface area contributed by atoms with E-state index in [0.29, 0.717) is 17.0 Å². The molecule has 1 N–H and O–H groups in total. The average Bonchev–Trinajstić information content (AvgIpc) is 2.66. The molecule has 0 heterocycles. The second kappa shape index (κ2) is 7.14. The van der Waals surface area contributed by atoms with E-state index in [0.717, 1.165) is 22.3 Å². The van der Waals surface area contributed by atoms with Gasteiger partial charge in [-0.2, -0.15) is 0 Å². The molecule has 0 aromatic heterocycles. The number of ketones is 2. The maximum Gasteiger partial charge on any atom is 0.179 e. The first-order chi connectivity index (χ1) is 13.4. The van der Waals surface area contributed by atoms with E-state index in [2.05, 4.69) is 0 Å². The van der Waals surface area contributed by atoms with Gasteiger partial charge < -0.3 is 5.11 Å². The lowest BCUT2D eigenvalue weighted by molar-refractivity contribution is -0.143. The first-order valence-electron chi connectivity index (χ1n) is 9.86. The highest BCUT2D eigenvalue weighted by Crippen LogP contribution is 2.47. The molecule has 0 amide bonds. The highest BCUT2D eigenvalue weighted by molar-refractivity contribution is 6.34. The van der Waals surface area contributed by atoms with Crippen LogP contribution in [0.1, 0.15) is 51.3 Å². The molecule has 4 heteroatoms. The minimum Gasteiger partial charge on any atom is -0.510 e. The molecule has 3 rings (SSSR count). The molecule has 2 aromatic carbocycles. The number of benzene rings is 2. The molecule has 1 aliphatic carbocycles. The minimum absolute atomic E-state index is 0.147. The molecular weight excluding hydrogens is 384 g/mol. The molecule has 0 aliphatic heterocycles. The lowest BCUT2D eigenvalue weighted by atomic mass is 9.62. The quantitative estimate of drug-likeness (QED) is 0.599. The van der Waals surface area contributed by atoms with Crippen LogP contribution in [0.3, 0.4) is 0 Å². The fraction of sp³-hybridized carbons (Fsp3) is 0.360. The Morgan fingerprint density at radius 2 is 1.59 bits per heavy atom. The van der Waals surface area contributed by atoms with Crippen molar-refractivity contribution >= 4 is 28.7 Å². The van der Waals surface area contributed by atoms with Crippen molar-refractivity contribution in [1.82, 2.24) is 0 Å². The van der Waals surface area contributed by atoms with Crippen molar-refractivity contribution in [3.05, 3.63) is 63.9 Å². The topological polar surface area (TPSA) is 54.4 Å². The molecule has 0 saturated heterocycles. The summed E-state index contributed by atoms with van der Waals surface area (Å²) in [6.07, 6.45) is 0.702. The van der Waals surface area contributed by atoms with Crippen LogP contribution in [0.4, 0.5) is 0 Å². The van der Waals surface area contributed by atoms with Gasteiger partial charge in [0.15, 0.2) is 11.6 Å². The number of aryl methyl sites for hydroxylation is 2. The molecule has 0 spiro atoms. The maximum absolute atomic E-state index is 13.3. The normalized spacial score (nSPS) is 18.3. The first kappa shape index (κ1) is 21.3. The Labute approximate surface area is 177 Å². The van der Waals surface area contributed by atoms with E-state index in [9.17, 15) is 14.7 Å². The third-order valence-corrected chi connectivity index (χ3v) is 6.25. The monoisotopic (exact) mass is 410 g/mol. The van der Waals surface area contributed by atoms with Gasteiger partial charge >= 0.3 is 0 Å². The van der Waals surface area contributed by atoms with Gasteiger partial charge in [-0.3, -0.25) is 9.59 Å². The largest absolute Gasteiger partial charge is 0.510 e. The van der Waals surface area contributed by atoms with E-state index in [-0.39, 0.29) is 22.9 Å². The summed E-state index contributed by atoms with van der Waals surface area (Å²) in [7, 11) is 0. The number of Topliss-reactive ketones (excluding diaryl/α,β-unsaturated/α-hetero) is 2. The van der Waals surface area contributed by atoms with Crippen molar-refractivity contribution in [2.45, 2.75) is 48.0 Å². The number of aliphatic hydroxyl groups excluding tert-OH is 1. The van der Waals surface area contributed by atoms with E-state index < -0.39 is 10.8 Å². The summed E-state index contributed by atoms with van der Waals surface area (Å²) in [6, 6.07) is 11.6. The van der Waals surface area contributed by atoms with Crippen LogP contribution in [0.15, 0.2) is 42.2 Å². The summed E-state index contributed by atoms with van der Waals surface area (Å²) < 4.78 is 0. The smallest absolute Gasteiger partial charge is 0.179 e. The second-order valence-corrected chi connectivity index (χ2v) is 9.25. The van der Waals surface area contributed by atoms with Crippen molar-refractivity contribution < 1.29 is 14.7 Å². The molecule has 0 saturated carbocycles. The predicted octanol–water partition coefficient (Wildman–Crippen LogP) is 6.35. The molecule has 0 unspecified atom stereocenters. The predicted molar refractivity (Wildman–Crippen MR) is 118 cm³/mol. The van der Waals surface area contributed by atoms with Gasteiger partial charge in [-0.15, -0.1) is 0 Å². The minimum atomic E-state index is -1.19. The lowest BCUT2D eigenvalue weighted by Gasteiger charge is -2.38. The Balaban J connectivity index is 2.31. The molecule has 1 aliphatic rings. The summed E-state index contributed by atoms with van der Waals surface area (Å²) in [6.45, 7) is 10.6. The zero-order chi connectivity index (χ0) is 21.7.